The predicted molar refractivity (Wildman–Crippen MR) is 80.9 cm³/mol. The third-order valence-electron chi connectivity index (χ3n) is 4.98. The molecule has 1 saturated carbocycles. The van der Waals surface area contributed by atoms with Gasteiger partial charge in [0.15, 0.2) is 0 Å². The van der Waals surface area contributed by atoms with Crippen LogP contribution in [0, 0.1) is 11.7 Å². The van der Waals surface area contributed by atoms with Crippen LogP contribution in [0.4, 0.5) is 4.39 Å². The van der Waals surface area contributed by atoms with Crippen molar-refractivity contribution in [1.29, 1.82) is 0 Å². The van der Waals surface area contributed by atoms with Gasteiger partial charge in [0.25, 0.3) is 0 Å². The number of hydrogen-bond acceptors (Lipinski definition) is 2. The van der Waals surface area contributed by atoms with Crippen molar-refractivity contribution < 1.29 is 13.9 Å². The first kappa shape index (κ1) is 15.3. The van der Waals surface area contributed by atoms with Crippen LogP contribution in [0.15, 0.2) is 24.3 Å². The van der Waals surface area contributed by atoms with Gasteiger partial charge in [-0.05, 0) is 45.6 Å². The molecular weight excluding hydrogens is 291 g/mol. The fraction of sp³-hybridized carbons (Fsp3) is 0.647. The molecule has 4 unspecified atom stereocenters. The minimum absolute atomic E-state index is 0.0288. The lowest BCUT2D eigenvalue weighted by atomic mass is 9.75. The van der Waals surface area contributed by atoms with Crippen molar-refractivity contribution in [1.82, 2.24) is 0 Å². The summed E-state index contributed by atoms with van der Waals surface area (Å²) in [5, 5.41) is 0. The van der Waals surface area contributed by atoms with Gasteiger partial charge in [0, 0.05) is 10.4 Å². The number of epoxide rings is 1. The molecule has 1 aliphatic heterocycles. The summed E-state index contributed by atoms with van der Waals surface area (Å²) in [5.41, 5.74) is 0.370. The van der Waals surface area contributed by atoms with E-state index in [-0.39, 0.29) is 35.1 Å². The molecule has 1 aromatic rings. The molecule has 2 aliphatic rings. The fourth-order valence-corrected chi connectivity index (χ4v) is 3.46. The summed E-state index contributed by atoms with van der Waals surface area (Å²) < 4.78 is 25.5. The van der Waals surface area contributed by atoms with E-state index in [0.29, 0.717) is 11.5 Å². The first-order chi connectivity index (χ1) is 9.80. The molecule has 21 heavy (non-hydrogen) atoms. The lowest BCUT2D eigenvalue weighted by Crippen LogP contribution is -2.43. The number of fused-ring (bicyclic) bond motifs is 1. The zero-order valence-corrected chi connectivity index (χ0v) is 13.5. The SMILES string of the molecule is CC(C)(Cl)C1CC(OCc2ccccc2F)C2(C)OC2C1. The van der Waals surface area contributed by atoms with E-state index >= 15 is 0 Å². The Kier molecular flexibility index (Phi) is 3.79. The molecule has 0 radical (unpaired) electrons. The Bertz CT molecular complexity index is 528. The van der Waals surface area contributed by atoms with Gasteiger partial charge in [0.05, 0.1) is 18.8 Å². The van der Waals surface area contributed by atoms with Crippen LogP contribution in [0.3, 0.4) is 0 Å². The third kappa shape index (κ3) is 2.96. The molecule has 4 heteroatoms. The van der Waals surface area contributed by atoms with Crippen LogP contribution in [-0.4, -0.2) is 22.7 Å². The summed E-state index contributed by atoms with van der Waals surface area (Å²) in [7, 11) is 0. The molecule has 2 nitrogen and oxygen atoms in total. The summed E-state index contributed by atoms with van der Waals surface area (Å²) in [6, 6.07) is 6.73. The number of halogens is 2. The minimum atomic E-state index is -0.271. The lowest BCUT2D eigenvalue weighted by Gasteiger charge is -2.36. The van der Waals surface area contributed by atoms with E-state index in [9.17, 15) is 4.39 Å². The second-order valence-corrected chi connectivity index (χ2v) is 7.89. The minimum Gasteiger partial charge on any atom is -0.370 e. The van der Waals surface area contributed by atoms with Crippen molar-refractivity contribution in [3.8, 4) is 0 Å². The van der Waals surface area contributed by atoms with Crippen LogP contribution in [-0.2, 0) is 16.1 Å². The van der Waals surface area contributed by atoms with Gasteiger partial charge in [-0.3, -0.25) is 0 Å². The summed E-state index contributed by atoms with van der Waals surface area (Å²) in [4.78, 5) is -0.271. The standard InChI is InChI=1S/C17H22ClFO2/c1-16(2,18)12-8-14(17(3)15(9-12)21-17)20-10-11-6-4-5-7-13(11)19/h4-7,12,14-15H,8-10H2,1-3H3. The Morgan fingerprint density at radius 3 is 2.76 bits per heavy atom. The van der Waals surface area contributed by atoms with Gasteiger partial charge in [-0.25, -0.2) is 4.39 Å². The van der Waals surface area contributed by atoms with Crippen molar-refractivity contribution in [2.45, 2.75) is 62.9 Å². The number of rotatable bonds is 4. The summed E-state index contributed by atoms with van der Waals surface area (Å²) in [5.74, 6) is 0.131. The van der Waals surface area contributed by atoms with Gasteiger partial charge in [0.2, 0.25) is 0 Å². The van der Waals surface area contributed by atoms with Gasteiger partial charge in [-0.15, -0.1) is 11.6 Å². The molecule has 0 aromatic heterocycles. The Balaban J connectivity index is 1.68. The second-order valence-electron chi connectivity index (χ2n) is 6.91. The normalized spacial score (nSPS) is 35.4. The van der Waals surface area contributed by atoms with Gasteiger partial charge >= 0.3 is 0 Å². The highest BCUT2D eigenvalue weighted by molar-refractivity contribution is 6.23. The molecule has 1 aromatic carbocycles. The molecule has 0 N–H and O–H groups in total. The molecule has 0 bridgehead atoms. The molecule has 2 fully saturated rings. The highest BCUT2D eigenvalue weighted by atomic mass is 35.5. The lowest BCUT2D eigenvalue weighted by molar-refractivity contribution is -0.0304. The average Bonchev–Trinajstić information content (AvgIpc) is 3.08. The third-order valence-corrected chi connectivity index (χ3v) is 5.29. The molecule has 116 valence electrons. The van der Waals surface area contributed by atoms with Gasteiger partial charge in [0.1, 0.15) is 11.4 Å². The molecule has 1 heterocycles. The Labute approximate surface area is 130 Å². The zero-order valence-electron chi connectivity index (χ0n) is 12.7. The molecular formula is C17H22ClFO2. The predicted octanol–water partition coefficient (Wildman–Crippen LogP) is 4.30. The highest BCUT2D eigenvalue weighted by Gasteiger charge is 2.63. The Hall–Kier alpha value is -0.640. The van der Waals surface area contributed by atoms with E-state index in [4.69, 9.17) is 21.1 Å². The van der Waals surface area contributed by atoms with Crippen LogP contribution in [0.5, 0.6) is 0 Å². The van der Waals surface area contributed by atoms with Crippen LogP contribution in [0.25, 0.3) is 0 Å². The van der Waals surface area contributed by atoms with Crippen molar-refractivity contribution in [3.63, 3.8) is 0 Å². The van der Waals surface area contributed by atoms with E-state index in [1.54, 1.807) is 12.1 Å². The first-order valence-electron chi connectivity index (χ1n) is 7.52. The van der Waals surface area contributed by atoms with E-state index in [1.165, 1.54) is 6.07 Å². The van der Waals surface area contributed by atoms with Crippen LogP contribution < -0.4 is 0 Å². The van der Waals surface area contributed by atoms with Crippen LogP contribution >= 0.6 is 11.6 Å². The summed E-state index contributed by atoms with van der Waals surface area (Å²) in [6.45, 7) is 6.44. The van der Waals surface area contributed by atoms with Crippen LogP contribution in [0.1, 0.15) is 39.2 Å². The van der Waals surface area contributed by atoms with Gasteiger partial charge < -0.3 is 9.47 Å². The van der Waals surface area contributed by atoms with Crippen molar-refractivity contribution in [2.24, 2.45) is 5.92 Å². The second kappa shape index (κ2) is 5.22. The van der Waals surface area contributed by atoms with E-state index < -0.39 is 0 Å². The average molecular weight is 313 g/mol. The largest absolute Gasteiger partial charge is 0.370 e. The number of ether oxygens (including phenoxy) is 2. The van der Waals surface area contributed by atoms with Crippen molar-refractivity contribution in [3.05, 3.63) is 35.6 Å². The molecule has 1 saturated heterocycles. The number of alkyl halides is 1. The molecule has 1 aliphatic carbocycles. The fourth-order valence-electron chi connectivity index (χ4n) is 3.28. The van der Waals surface area contributed by atoms with Gasteiger partial charge in [-0.1, -0.05) is 18.2 Å². The molecule has 0 amide bonds. The Morgan fingerprint density at radius 2 is 2.10 bits per heavy atom. The maximum atomic E-state index is 13.7. The summed E-state index contributed by atoms with van der Waals surface area (Å²) in [6.07, 6.45) is 2.03. The van der Waals surface area contributed by atoms with Crippen LogP contribution in [0.2, 0.25) is 0 Å². The monoisotopic (exact) mass is 312 g/mol. The number of hydrogen-bond donors (Lipinski definition) is 0. The maximum Gasteiger partial charge on any atom is 0.128 e. The smallest absolute Gasteiger partial charge is 0.128 e. The maximum absolute atomic E-state index is 13.7. The quantitative estimate of drug-likeness (QED) is 0.611. The summed E-state index contributed by atoms with van der Waals surface area (Å²) >= 11 is 6.48. The first-order valence-corrected chi connectivity index (χ1v) is 7.90. The number of benzene rings is 1. The topological polar surface area (TPSA) is 21.8 Å². The molecule has 3 rings (SSSR count). The van der Waals surface area contributed by atoms with E-state index in [1.807, 2.05) is 19.9 Å². The van der Waals surface area contributed by atoms with Crippen molar-refractivity contribution in [2.75, 3.05) is 0 Å². The molecule has 4 atom stereocenters. The highest BCUT2D eigenvalue weighted by Crippen LogP contribution is 2.53. The van der Waals surface area contributed by atoms with E-state index in [2.05, 4.69) is 6.92 Å². The van der Waals surface area contributed by atoms with Gasteiger partial charge in [-0.2, -0.15) is 0 Å². The van der Waals surface area contributed by atoms with E-state index in [0.717, 1.165) is 12.8 Å². The zero-order chi connectivity index (χ0) is 15.3. The van der Waals surface area contributed by atoms with Crippen molar-refractivity contribution >= 4 is 11.6 Å². The Morgan fingerprint density at radius 1 is 1.38 bits per heavy atom. The molecule has 0 spiro atoms.